The van der Waals surface area contributed by atoms with Gasteiger partial charge in [-0.15, -0.1) is 0 Å². The molecule has 0 saturated carbocycles. The van der Waals surface area contributed by atoms with Crippen molar-refractivity contribution in [2.45, 2.75) is 25.8 Å². The van der Waals surface area contributed by atoms with Gasteiger partial charge < -0.3 is 10.6 Å². The summed E-state index contributed by atoms with van der Waals surface area (Å²) in [6, 6.07) is 0.383. The molecule has 0 aromatic carbocycles. The molecule has 0 aliphatic carbocycles. The molecule has 78 valence electrons. The third-order valence-corrected chi connectivity index (χ3v) is 2.75. The molecule has 0 amide bonds. The van der Waals surface area contributed by atoms with Crippen LogP contribution < -0.4 is 5.73 Å². The lowest BCUT2D eigenvalue weighted by Gasteiger charge is -2.33. The minimum absolute atomic E-state index is 0.383. The number of piperazine rings is 1. The second-order valence-corrected chi connectivity index (χ2v) is 4.15. The molecule has 1 rings (SSSR count). The number of nitrogens with two attached hydrogens (primary N) is 1. The summed E-state index contributed by atoms with van der Waals surface area (Å²) in [7, 11) is 2.18. The van der Waals surface area contributed by atoms with Gasteiger partial charge in [0.05, 0.1) is 0 Å². The van der Waals surface area contributed by atoms with Crippen LogP contribution >= 0.6 is 0 Å². The van der Waals surface area contributed by atoms with Crippen LogP contribution in [0.2, 0.25) is 0 Å². The lowest BCUT2D eigenvalue weighted by molar-refractivity contribution is 0.146. The van der Waals surface area contributed by atoms with Gasteiger partial charge in [-0.2, -0.15) is 0 Å². The highest BCUT2D eigenvalue weighted by atomic mass is 15.2. The quantitative estimate of drug-likeness (QED) is 0.686. The lowest BCUT2D eigenvalue weighted by atomic mass is 10.1. The number of hydrogen-bond acceptors (Lipinski definition) is 3. The molecule has 0 spiro atoms. The van der Waals surface area contributed by atoms with Crippen LogP contribution in [0.4, 0.5) is 0 Å². The fourth-order valence-corrected chi connectivity index (χ4v) is 1.82. The van der Waals surface area contributed by atoms with Gasteiger partial charge in [0, 0.05) is 38.8 Å². The second kappa shape index (κ2) is 5.58. The molecule has 1 fully saturated rings. The van der Waals surface area contributed by atoms with E-state index in [1.54, 1.807) is 0 Å². The summed E-state index contributed by atoms with van der Waals surface area (Å²) < 4.78 is 0. The van der Waals surface area contributed by atoms with Gasteiger partial charge in [-0.05, 0) is 13.5 Å². The van der Waals surface area contributed by atoms with Gasteiger partial charge in [0.25, 0.3) is 0 Å². The minimum atomic E-state index is 0.383. The van der Waals surface area contributed by atoms with Crippen LogP contribution in [-0.2, 0) is 0 Å². The van der Waals surface area contributed by atoms with Crippen molar-refractivity contribution < 1.29 is 0 Å². The monoisotopic (exact) mass is 185 g/mol. The molecule has 1 atom stereocenters. The van der Waals surface area contributed by atoms with Crippen molar-refractivity contribution in [1.82, 2.24) is 9.80 Å². The van der Waals surface area contributed by atoms with Gasteiger partial charge in [-0.3, -0.25) is 4.90 Å². The van der Waals surface area contributed by atoms with Crippen molar-refractivity contribution >= 4 is 0 Å². The number of rotatable bonds is 4. The Balaban J connectivity index is 2.14. The third kappa shape index (κ3) is 4.07. The molecule has 0 radical (unpaired) electrons. The van der Waals surface area contributed by atoms with Crippen LogP contribution in [0.1, 0.15) is 19.8 Å². The van der Waals surface area contributed by atoms with Gasteiger partial charge in [0.15, 0.2) is 0 Å². The standard InChI is InChI=1S/C10H23N3/c1-3-4-10(11)9-13-7-5-12(2)6-8-13/h10H,3-9,11H2,1-2H3/t10-/m0/s1. The van der Waals surface area contributed by atoms with Gasteiger partial charge in [-0.1, -0.05) is 13.3 Å². The average molecular weight is 185 g/mol. The summed E-state index contributed by atoms with van der Waals surface area (Å²) in [5.41, 5.74) is 5.99. The van der Waals surface area contributed by atoms with E-state index in [-0.39, 0.29) is 0 Å². The highest BCUT2D eigenvalue weighted by Gasteiger charge is 2.15. The maximum atomic E-state index is 5.99. The molecule has 1 heterocycles. The van der Waals surface area contributed by atoms with Gasteiger partial charge in [0.2, 0.25) is 0 Å². The fraction of sp³-hybridized carbons (Fsp3) is 1.00. The number of nitrogens with zero attached hydrogens (tertiary/aromatic N) is 2. The molecule has 1 saturated heterocycles. The Kier molecular flexibility index (Phi) is 4.70. The Morgan fingerprint density at radius 3 is 2.38 bits per heavy atom. The average Bonchev–Trinajstić information content (AvgIpc) is 2.09. The maximum Gasteiger partial charge on any atom is 0.0167 e. The van der Waals surface area contributed by atoms with Gasteiger partial charge in [0.1, 0.15) is 0 Å². The first-order valence-corrected chi connectivity index (χ1v) is 5.39. The summed E-state index contributed by atoms with van der Waals surface area (Å²) in [4.78, 5) is 4.86. The Labute approximate surface area is 81.9 Å². The highest BCUT2D eigenvalue weighted by Crippen LogP contribution is 2.02. The zero-order valence-corrected chi connectivity index (χ0v) is 9.00. The first-order chi connectivity index (χ1) is 6.22. The summed E-state index contributed by atoms with van der Waals surface area (Å²) in [6.07, 6.45) is 2.36. The van der Waals surface area contributed by atoms with E-state index in [1.165, 1.54) is 32.6 Å². The Bertz CT molecular complexity index is 130. The van der Waals surface area contributed by atoms with Crippen molar-refractivity contribution in [3.8, 4) is 0 Å². The smallest absolute Gasteiger partial charge is 0.0167 e. The SMILES string of the molecule is CCC[C@H](N)CN1CCN(C)CC1. The van der Waals surface area contributed by atoms with Crippen LogP contribution in [0.3, 0.4) is 0 Å². The highest BCUT2D eigenvalue weighted by molar-refractivity contribution is 4.73. The Morgan fingerprint density at radius 2 is 1.85 bits per heavy atom. The maximum absolute atomic E-state index is 5.99. The molecule has 0 aromatic rings. The Hall–Kier alpha value is -0.120. The molecule has 0 bridgehead atoms. The van der Waals surface area contributed by atoms with E-state index in [9.17, 15) is 0 Å². The molecule has 3 nitrogen and oxygen atoms in total. The van der Waals surface area contributed by atoms with Crippen LogP contribution in [0.15, 0.2) is 0 Å². The second-order valence-electron chi connectivity index (χ2n) is 4.15. The largest absolute Gasteiger partial charge is 0.327 e. The first kappa shape index (κ1) is 11.0. The van der Waals surface area contributed by atoms with Crippen molar-refractivity contribution in [3.63, 3.8) is 0 Å². The van der Waals surface area contributed by atoms with E-state index in [2.05, 4.69) is 23.8 Å². The first-order valence-electron chi connectivity index (χ1n) is 5.39. The normalized spacial score (nSPS) is 23.3. The topological polar surface area (TPSA) is 32.5 Å². The molecule has 1 aliphatic heterocycles. The molecular formula is C10H23N3. The molecule has 0 aromatic heterocycles. The third-order valence-electron chi connectivity index (χ3n) is 2.75. The lowest BCUT2D eigenvalue weighted by Crippen LogP contribution is -2.48. The summed E-state index contributed by atoms with van der Waals surface area (Å²) in [5, 5.41) is 0. The molecule has 2 N–H and O–H groups in total. The molecule has 13 heavy (non-hydrogen) atoms. The van der Waals surface area contributed by atoms with Crippen molar-refractivity contribution in [1.29, 1.82) is 0 Å². The van der Waals surface area contributed by atoms with Gasteiger partial charge >= 0.3 is 0 Å². The van der Waals surface area contributed by atoms with Crippen LogP contribution in [0, 0.1) is 0 Å². The fourth-order valence-electron chi connectivity index (χ4n) is 1.82. The van der Waals surface area contributed by atoms with Crippen LogP contribution in [0.5, 0.6) is 0 Å². The summed E-state index contributed by atoms with van der Waals surface area (Å²) in [5.74, 6) is 0. The van der Waals surface area contributed by atoms with E-state index in [1.807, 2.05) is 0 Å². The van der Waals surface area contributed by atoms with E-state index in [4.69, 9.17) is 5.73 Å². The predicted octanol–water partition coefficient (Wildman–Crippen LogP) is 0.361. The molecule has 3 heteroatoms. The number of likely N-dealkylation sites (N-methyl/N-ethyl adjacent to an activating group) is 1. The molecular weight excluding hydrogens is 162 g/mol. The summed E-state index contributed by atoms with van der Waals surface area (Å²) in [6.45, 7) is 8.05. The van der Waals surface area contributed by atoms with Crippen molar-refractivity contribution in [3.05, 3.63) is 0 Å². The van der Waals surface area contributed by atoms with Gasteiger partial charge in [-0.25, -0.2) is 0 Å². The van der Waals surface area contributed by atoms with E-state index in [0.717, 1.165) is 13.0 Å². The van der Waals surface area contributed by atoms with E-state index in [0.29, 0.717) is 6.04 Å². The summed E-state index contributed by atoms with van der Waals surface area (Å²) >= 11 is 0. The molecule has 0 unspecified atom stereocenters. The van der Waals surface area contributed by atoms with E-state index < -0.39 is 0 Å². The van der Waals surface area contributed by atoms with Crippen LogP contribution in [-0.4, -0.2) is 55.6 Å². The zero-order valence-electron chi connectivity index (χ0n) is 9.00. The van der Waals surface area contributed by atoms with Crippen molar-refractivity contribution in [2.24, 2.45) is 5.73 Å². The zero-order chi connectivity index (χ0) is 9.68. The van der Waals surface area contributed by atoms with Crippen LogP contribution in [0.25, 0.3) is 0 Å². The van der Waals surface area contributed by atoms with Crippen molar-refractivity contribution in [2.75, 3.05) is 39.8 Å². The van der Waals surface area contributed by atoms with E-state index >= 15 is 0 Å². The number of hydrogen-bond donors (Lipinski definition) is 1. The Morgan fingerprint density at radius 1 is 1.23 bits per heavy atom. The molecule has 1 aliphatic rings. The minimum Gasteiger partial charge on any atom is -0.327 e. The predicted molar refractivity (Wildman–Crippen MR) is 56.8 cm³/mol.